The van der Waals surface area contributed by atoms with Crippen molar-refractivity contribution in [2.75, 3.05) is 33.7 Å². The van der Waals surface area contributed by atoms with Crippen LogP contribution < -0.4 is 5.32 Å². The van der Waals surface area contributed by atoms with Gasteiger partial charge in [0, 0.05) is 46.5 Å². The van der Waals surface area contributed by atoms with E-state index in [0.717, 1.165) is 5.69 Å². The van der Waals surface area contributed by atoms with Gasteiger partial charge in [0.2, 0.25) is 5.91 Å². The van der Waals surface area contributed by atoms with Crippen LogP contribution in [0, 0.1) is 6.92 Å². The highest BCUT2D eigenvalue weighted by atomic mass is 16.2. The van der Waals surface area contributed by atoms with Gasteiger partial charge in [0.05, 0.1) is 0 Å². The second-order valence-electron chi connectivity index (χ2n) is 5.37. The number of nitrogens with one attached hydrogen (secondary N) is 1. The van der Waals surface area contributed by atoms with E-state index in [1.165, 1.54) is 4.90 Å². The van der Waals surface area contributed by atoms with Gasteiger partial charge in [-0.1, -0.05) is 0 Å². The Morgan fingerprint density at radius 2 is 2.05 bits per heavy atom. The van der Waals surface area contributed by atoms with E-state index in [-0.39, 0.29) is 11.8 Å². The summed E-state index contributed by atoms with van der Waals surface area (Å²) in [5, 5.41) is 3.18. The first kappa shape index (κ1) is 14.6. The van der Waals surface area contributed by atoms with Crippen molar-refractivity contribution in [3.8, 4) is 0 Å². The minimum Gasteiger partial charge on any atom is -0.347 e. The predicted octanol–water partition coefficient (Wildman–Crippen LogP) is -0.164. The molecule has 6 heteroatoms. The van der Waals surface area contributed by atoms with E-state index < -0.39 is 6.04 Å². The van der Waals surface area contributed by atoms with Crippen LogP contribution in [-0.4, -0.2) is 66.0 Å². The molecule has 20 heavy (non-hydrogen) atoms. The Labute approximate surface area is 119 Å². The van der Waals surface area contributed by atoms with E-state index in [9.17, 15) is 9.59 Å². The molecule has 1 atom stereocenters. The average molecular weight is 278 g/mol. The first-order valence-electron chi connectivity index (χ1n) is 6.78. The first-order valence-corrected chi connectivity index (χ1v) is 6.78. The highest BCUT2D eigenvalue weighted by Gasteiger charge is 2.34. The molecular weight excluding hydrogens is 256 g/mol. The van der Waals surface area contributed by atoms with Crippen molar-refractivity contribution in [1.29, 1.82) is 0 Å². The summed E-state index contributed by atoms with van der Waals surface area (Å²) in [4.78, 5) is 28.1. The normalized spacial score (nSPS) is 19.0. The molecule has 0 spiro atoms. The second-order valence-corrected chi connectivity index (χ2v) is 5.37. The van der Waals surface area contributed by atoms with Crippen molar-refractivity contribution in [2.24, 2.45) is 7.05 Å². The van der Waals surface area contributed by atoms with Crippen molar-refractivity contribution < 1.29 is 9.59 Å². The van der Waals surface area contributed by atoms with Crippen molar-refractivity contribution >= 4 is 11.8 Å². The van der Waals surface area contributed by atoms with Gasteiger partial charge < -0.3 is 19.7 Å². The second kappa shape index (κ2) is 5.66. The molecule has 1 aliphatic rings. The standard InChI is InChI=1S/C14H22N4O2/c1-10-5-6-11(17(10)4)14(20)18-8-7-15-9-12(18)13(19)16(2)3/h5-6,12,15H,7-9H2,1-4H3. The Morgan fingerprint density at radius 1 is 1.35 bits per heavy atom. The molecular formula is C14H22N4O2. The largest absolute Gasteiger partial charge is 0.347 e. The summed E-state index contributed by atoms with van der Waals surface area (Å²) in [6.07, 6.45) is 0. The van der Waals surface area contributed by atoms with Gasteiger partial charge in [0.1, 0.15) is 11.7 Å². The van der Waals surface area contributed by atoms with Gasteiger partial charge >= 0.3 is 0 Å². The fourth-order valence-corrected chi connectivity index (χ4v) is 2.44. The topological polar surface area (TPSA) is 57.6 Å². The molecule has 6 nitrogen and oxygen atoms in total. The average Bonchev–Trinajstić information content (AvgIpc) is 2.77. The van der Waals surface area contributed by atoms with Crippen molar-refractivity contribution in [2.45, 2.75) is 13.0 Å². The monoisotopic (exact) mass is 278 g/mol. The Kier molecular flexibility index (Phi) is 4.13. The molecule has 2 amide bonds. The molecule has 1 fully saturated rings. The van der Waals surface area contributed by atoms with Crippen LogP contribution >= 0.6 is 0 Å². The van der Waals surface area contributed by atoms with E-state index in [1.807, 2.05) is 30.7 Å². The van der Waals surface area contributed by atoms with Crippen molar-refractivity contribution in [3.05, 3.63) is 23.5 Å². The molecule has 0 bridgehead atoms. The number of amides is 2. The third-order valence-corrected chi connectivity index (χ3v) is 3.82. The Bertz CT molecular complexity index is 521. The summed E-state index contributed by atoms with van der Waals surface area (Å²) in [6, 6.07) is 3.30. The minimum absolute atomic E-state index is 0.0449. The van der Waals surface area contributed by atoms with Crippen molar-refractivity contribution in [3.63, 3.8) is 0 Å². The maximum absolute atomic E-state index is 12.7. The zero-order valence-electron chi connectivity index (χ0n) is 12.5. The van der Waals surface area contributed by atoms with Crippen LogP contribution in [0.4, 0.5) is 0 Å². The van der Waals surface area contributed by atoms with Crippen molar-refractivity contribution in [1.82, 2.24) is 19.7 Å². The Balaban J connectivity index is 2.26. The predicted molar refractivity (Wildman–Crippen MR) is 76.5 cm³/mol. The summed E-state index contributed by atoms with van der Waals surface area (Å²) in [5.41, 5.74) is 1.65. The van der Waals surface area contributed by atoms with E-state index in [0.29, 0.717) is 25.3 Å². The molecule has 0 saturated carbocycles. The fourth-order valence-electron chi connectivity index (χ4n) is 2.44. The van der Waals surface area contributed by atoms with Crippen LogP contribution in [0.2, 0.25) is 0 Å². The Morgan fingerprint density at radius 3 is 2.60 bits per heavy atom. The number of piperazine rings is 1. The van der Waals surface area contributed by atoms with Crippen LogP contribution in [0.15, 0.2) is 12.1 Å². The van der Waals surface area contributed by atoms with E-state index in [1.54, 1.807) is 19.0 Å². The number of hydrogen-bond donors (Lipinski definition) is 1. The maximum Gasteiger partial charge on any atom is 0.271 e. The van der Waals surface area contributed by atoms with Gasteiger partial charge in [-0.2, -0.15) is 0 Å². The third kappa shape index (κ3) is 2.56. The lowest BCUT2D eigenvalue weighted by Crippen LogP contribution is -2.59. The molecule has 1 aromatic rings. The minimum atomic E-state index is -0.429. The van der Waals surface area contributed by atoms with E-state index in [2.05, 4.69) is 5.32 Å². The molecule has 0 aliphatic carbocycles. The van der Waals surface area contributed by atoms with E-state index >= 15 is 0 Å². The lowest BCUT2D eigenvalue weighted by atomic mass is 10.1. The van der Waals surface area contributed by atoms with Gasteiger partial charge in [-0.3, -0.25) is 9.59 Å². The summed E-state index contributed by atoms with van der Waals surface area (Å²) < 4.78 is 1.86. The molecule has 110 valence electrons. The SMILES string of the molecule is Cc1ccc(C(=O)N2CCNCC2C(=O)N(C)C)n1C. The molecule has 1 unspecified atom stereocenters. The smallest absolute Gasteiger partial charge is 0.271 e. The third-order valence-electron chi connectivity index (χ3n) is 3.82. The van der Waals surface area contributed by atoms with Crippen LogP contribution in [0.5, 0.6) is 0 Å². The first-order chi connectivity index (χ1) is 9.43. The highest BCUT2D eigenvalue weighted by molar-refractivity contribution is 5.96. The van der Waals surface area contributed by atoms with Gasteiger partial charge in [0.15, 0.2) is 0 Å². The zero-order valence-corrected chi connectivity index (χ0v) is 12.5. The number of carbonyl (C=O) groups is 2. The lowest BCUT2D eigenvalue weighted by Gasteiger charge is -2.36. The summed E-state index contributed by atoms with van der Waals surface area (Å²) in [6.45, 7) is 3.73. The number of hydrogen-bond acceptors (Lipinski definition) is 3. The molecule has 2 rings (SSSR count). The maximum atomic E-state index is 12.7. The van der Waals surface area contributed by atoms with E-state index in [4.69, 9.17) is 0 Å². The van der Waals surface area contributed by atoms with Gasteiger partial charge in [-0.05, 0) is 19.1 Å². The van der Waals surface area contributed by atoms with Gasteiger partial charge in [0.25, 0.3) is 5.91 Å². The van der Waals surface area contributed by atoms with Gasteiger partial charge in [-0.15, -0.1) is 0 Å². The fraction of sp³-hybridized carbons (Fsp3) is 0.571. The zero-order chi connectivity index (χ0) is 14.9. The lowest BCUT2D eigenvalue weighted by molar-refractivity contribution is -0.134. The molecule has 1 N–H and O–H groups in total. The number of likely N-dealkylation sites (N-methyl/N-ethyl adjacent to an activating group) is 1. The molecule has 1 aromatic heterocycles. The number of aryl methyl sites for hydroxylation is 1. The quantitative estimate of drug-likeness (QED) is 0.817. The molecule has 2 heterocycles. The van der Waals surface area contributed by atoms with Crippen LogP contribution in [0.25, 0.3) is 0 Å². The molecule has 0 aromatic carbocycles. The summed E-state index contributed by atoms with van der Waals surface area (Å²) >= 11 is 0. The molecule has 1 aliphatic heterocycles. The van der Waals surface area contributed by atoms with Gasteiger partial charge in [-0.25, -0.2) is 0 Å². The summed E-state index contributed by atoms with van der Waals surface area (Å²) in [5.74, 6) is -0.126. The highest BCUT2D eigenvalue weighted by Crippen LogP contribution is 2.14. The molecule has 1 saturated heterocycles. The number of nitrogens with zero attached hydrogens (tertiary/aromatic N) is 3. The Hall–Kier alpha value is -1.82. The number of aromatic nitrogens is 1. The number of rotatable bonds is 2. The van der Waals surface area contributed by atoms with Crippen LogP contribution in [0.1, 0.15) is 16.2 Å². The molecule has 0 radical (unpaired) electrons. The number of carbonyl (C=O) groups excluding carboxylic acids is 2. The summed E-state index contributed by atoms with van der Waals surface area (Å²) in [7, 11) is 5.30. The van der Waals surface area contributed by atoms with Crippen LogP contribution in [0.3, 0.4) is 0 Å². The van der Waals surface area contributed by atoms with Crippen LogP contribution in [-0.2, 0) is 11.8 Å².